The Balaban J connectivity index is 2.87. The molecular weight excluding hydrogens is 190 g/mol. The highest BCUT2D eigenvalue weighted by molar-refractivity contribution is 5.80. The molecule has 1 amide bonds. The van der Waals surface area contributed by atoms with Crippen molar-refractivity contribution < 1.29 is 9.53 Å². The van der Waals surface area contributed by atoms with E-state index in [0.717, 1.165) is 6.42 Å². The Bertz CT molecular complexity index is 271. The van der Waals surface area contributed by atoms with Gasteiger partial charge in [-0.25, -0.2) is 0 Å². The van der Waals surface area contributed by atoms with Crippen LogP contribution < -0.4 is 5.32 Å². The lowest BCUT2D eigenvalue weighted by molar-refractivity contribution is -0.120. The average Bonchev–Trinajstić information content (AvgIpc) is 2.19. The number of hydrogen-bond acceptors (Lipinski definition) is 2. The maximum Gasteiger partial charge on any atom is 0.221 e. The minimum atomic E-state index is -0.182. The predicted molar refractivity (Wildman–Crippen MR) is 60.7 cm³/mol. The summed E-state index contributed by atoms with van der Waals surface area (Å²) in [5.41, 5.74) is -0.373. The summed E-state index contributed by atoms with van der Waals surface area (Å²) in [4.78, 5) is 11.5. The van der Waals surface area contributed by atoms with E-state index in [2.05, 4.69) is 39.9 Å². The third-order valence-electron chi connectivity index (χ3n) is 3.88. The average molecular weight is 213 g/mol. The third kappa shape index (κ3) is 2.33. The van der Waals surface area contributed by atoms with E-state index in [9.17, 15) is 4.79 Å². The molecule has 3 heteroatoms. The Morgan fingerprint density at radius 2 is 1.93 bits per heavy atom. The first-order chi connectivity index (χ1) is 6.62. The second-order valence-electron chi connectivity index (χ2n) is 6.05. The lowest BCUT2D eigenvalue weighted by Crippen LogP contribution is -2.48. The van der Waals surface area contributed by atoms with Gasteiger partial charge < -0.3 is 10.1 Å². The topological polar surface area (TPSA) is 38.3 Å². The van der Waals surface area contributed by atoms with Gasteiger partial charge >= 0.3 is 0 Å². The summed E-state index contributed by atoms with van der Waals surface area (Å²) in [7, 11) is 1.72. The standard InChI is InChI=1S/C12H23NO2/c1-10(2,15-6)8-12(5)7-9(14)13-11(12,3)4/h7-8H2,1-6H3,(H,13,14). The number of amides is 1. The summed E-state index contributed by atoms with van der Waals surface area (Å²) in [6.45, 7) is 10.5. The van der Waals surface area contributed by atoms with E-state index < -0.39 is 0 Å². The molecule has 1 heterocycles. The number of methoxy groups -OCH3 is 1. The fourth-order valence-corrected chi connectivity index (χ4v) is 2.41. The Kier molecular flexibility index (Phi) is 2.90. The normalized spacial score (nSPS) is 30.4. The van der Waals surface area contributed by atoms with Crippen LogP contribution in [-0.4, -0.2) is 24.2 Å². The summed E-state index contributed by atoms with van der Waals surface area (Å²) >= 11 is 0. The van der Waals surface area contributed by atoms with Gasteiger partial charge in [-0.15, -0.1) is 0 Å². The summed E-state index contributed by atoms with van der Waals surface area (Å²) in [6, 6.07) is 0. The van der Waals surface area contributed by atoms with Crippen molar-refractivity contribution in [1.82, 2.24) is 5.32 Å². The van der Waals surface area contributed by atoms with Crippen LogP contribution in [0.5, 0.6) is 0 Å². The Hall–Kier alpha value is -0.570. The molecule has 1 aliphatic rings. The second-order valence-corrected chi connectivity index (χ2v) is 6.05. The summed E-state index contributed by atoms with van der Waals surface area (Å²) < 4.78 is 5.45. The molecule has 0 aromatic carbocycles. The van der Waals surface area contributed by atoms with Gasteiger partial charge in [-0.1, -0.05) is 6.92 Å². The van der Waals surface area contributed by atoms with Gasteiger partial charge in [0, 0.05) is 24.5 Å². The van der Waals surface area contributed by atoms with Crippen molar-refractivity contribution in [2.45, 2.75) is 58.6 Å². The fraction of sp³-hybridized carbons (Fsp3) is 0.917. The van der Waals surface area contributed by atoms with Crippen LogP contribution in [0.3, 0.4) is 0 Å². The van der Waals surface area contributed by atoms with Gasteiger partial charge in [0.2, 0.25) is 5.91 Å². The molecule has 0 bridgehead atoms. The van der Waals surface area contributed by atoms with Crippen LogP contribution in [-0.2, 0) is 9.53 Å². The van der Waals surface area contributed by atoms with Crippen molar-refractivity contribution in [3.05, 3.63) is 0 Å². The number of hydrogen-bond donors (Lipinski definition) is 1. The highest BCUT2D eigenvalue weighted by atomic mass is 16.5. The smallest absolute Gasteiger partial charge is 0.221 e. The van der Waals surface area contributed by atoms with Crippen LogP contribution in [0.1, 0.15) is 47.5 Å². The number of rotatable bonds is 3. The number of carbonyl (C=O) groups is 1. The molecule has 1 saturated heterocycles. The van der Waals surface area contributed by atoms with Crippen molar-refractivity contribution in [3.63, 3.8) is 0 Å². The van der Waals surface area contributed by atoms with Gasteiger partial charge in [0.05, 0.1) is 5.60 Å². The molecule has 1 N–H and O–H groups in total. The molecule has 1 unspecified atom stereocenters. The van der Waals surface area contributed by atoms with Crippen molar-refractivity contribution in [3.8, 4) is 0 Å². The first kappa shape index (κ1) is 12.5. The summed E-state index contributed by atoms with van der Waals surface area (Å²) in [5.74, 6) is 0.148. The predicted octanol–water partition coefficient (Wildman–Crippen LogP) is 2.11. The van der Waals surface area contributed by atoms with Crippen LogP contribution >= 0.6 is 0 Å². The van der Waals surface area contributed by atoms with Crippen molar-refractivity contribution >= 4 is 5.91 Å². The summed E-state index contributed by atoms with van der Waals surface area (Å²) in [6.07, 6.45) is 1.47. The van der Waals surface area contributed by atoms with Crippen LogP contribution in [0.2, 0.25) is 0 Å². The van der Waals surface area contributed by atoms with E-state index in [1.807, 2.05) is 0 Å². The van der Waals surface area contributed by atoms with E-state index in [1.165, 1.54) is 0 Å². The van der Waals surface area contributed by atoms with Crippen LogP contribution in [0.4, 0.5) is 0 Å². The molecule has 1 fully saturated rings. The first-order valence-electron chi connectivity index (χ1n) is 5.48. The number of ether oxygens (including phenoxy) is 1. The van der Waals surface area contributed by atoms with E-state index in [-0.39, 0.29) is 22.5 Å². The Labute approximate surface area is 92.6 Å². The van der Waals surface area contributed by atoms with E-state index >= 15 is 0 Å². The van der Waals surface area contributed by atoms with Crippen molar-refractivity contribution in [2.24, 2.45) is 5.41 Å². The van der Waals surface area contributed by atoms with Crippen LogP contribution in [0, 0.1) is 5.41 Å². The molecule has 1 atom stereocenters. The molecule has 15 heavy (non-hydrogen) atoms. The van der Waals surface area contributed by atoms with Gasteiger partial charge in [-0.3, -0.25) is 4.79 Å². The third-order valence-corrected chi connectivity index (χ3v) is 3.88. The van der Waals surface area contributed by atoms with Crippen LogP contribution in [0.15, 0.2) is 0 Å². The zero-order valence-electron chi connectivity index (χ0n) is 10.7. The molecule has 0 aliphatic carbocycles. The monoisotopic (exact) mass is 213 g/mol. The van der Waals surface area contributed by atoms with Gasteiger partial charge in [0.25, 0.3) is 0 Å². The number of carbonyl (C=O) groups excluding carboxylic acids is 1. The highest BCUT2D eigenvalue weighted by Crippen LogP contribution is 2.45. The molecule has 0 radical (unpaired) electrons. The maximum atomic E-state index is 11.5. The lowest BCUT2D eigenvalue weighted by Gasteiger charge is -2.42. The number of nitrogens with one attached hydrogen (secondary N) is 1. The molecule has 1 rings (SSSR count). The van der Waals surface area contributed by atoms with Gasteiger partial charge in [-0.2, -0.15) is 0 Å². The quantitative estimate of drug-likeness (QED) is 0.779. The highest BCUT2D eigenvalue weighted by Gasteiger charge is 2.51. The molecule has 1 aliphatic heterocycles. The molecule has 0 saturated carbocycles. The SMILES string of the molecule is COC(C)(C)CC1(C)CC(=O)NC1(C)C. The van der Waals surface area contributed by atoms with Gasteiger partial charge in [0.1, 0.15) is 0 Å². The van der Waals surface area contributed by atoms with E-state index in [1.54, 1.807) is 7.11 Å². The molecule has 0 spiro atoms. The zero-order chi connectivity index (χ0) is 11.9. The van der Waals surface area contributed by atoms with Crippen molar-refractivity contribution in [2.75, 3.05) is 7.11 Å². The van der Waals surface area contributed by atoms with E-state index in [0.29, 0.717) is 6.42 Å². The molecule has 88 valence electrons. The molecular formula is C12H23NO2. The lowest BCUT2D eigenvalue weighted by atomic mass is 9.68. The largest absolute Gasteiger partial charge is 0.379 e. The minimum Gasteiger partial charge on any atom is -0.379 e. The molecule has 3 nitrogen and oxygen atoms in total. The first-order valence-corrected chi connectivity index (χ1v) is 5.48. The molecule has 0 aromatic rings. The zero-order valence-corrected chi connectivity index (χ0v) is 10.7. The van der Waals surface area contributed by atoms with Crippen LogP contribution in [0.25, 0.3) is 0 Å². The molecule has 0 aromatic heterocycles. The summed E-state index contributed by atoms with van der Waals surface area (Å²) in [5, 5.41) is 3.04. The van der Waals surface area contributed by atoms with Crippen molar-refractivity contribution in [1.29, 1.82) is 0 Å². The Morgan fingerprint density at radius 1 is 1.40 bits per heavy atom. The second kappa shape index (κ2) is 3.48. The Morgan fingerprint density at radius 3 is 2.27 bits per heavy atom. The van der Waals surface area contributed by atoms with Gasteiger partial charge in [0.15, 0.2) is 0 Å². The van der Waals surface area contributed by atoms with E-state index in [4.69, 9.17) is 4.74 Å². The van der Waals surface area contributed by atoms with Gasteiger partial charge in [-0.05, 0) is 34.1 Å². The maximum absolute atomic E-state index is 11.5. The minimum absolute atomic E-state index is 0.0381. The fourth-order valence-electron chi connectivity index (χ4n) is 2.41.